The smallest absolute Gasteiger partial charge is 0.0720 e. The molecule has 0 radical (unpaired) electrons. The van der Waals surface area contributed by atoms with Crippen molar-refractivity contribution in [2.75, 3.05) is 12.5 Å². The Hall–Kier alpha value is -2.52. The van der Waals surface area contributed by atoms with Crippen LogP contribution in [0.1, 0.15) is 10.4 Å². The van der Waals surface area contributed by atoms with Crippen LogP contribution in [0.4, 0.5) is 0 Å². The Labute approximate surface area is 133 Å². The molecule has 3 heteroatoms. The topological polar surface area (TPSA) is 17.0 Å². The van der Waals surface area contributed by atoms with Crippen molar-refractivity contribution in [2.24, 2.45) is 0 Å². The first-order valence-electron chi connectivity index (χ1n) is 7.20. The molecule has 1 N–H and O–H groups in total. The van der Waals surface area contributed by atoms with E-state index in [1.165, 1.54) is 42.3 Å². The molecule has 0 fully saturated rings. The van der Waals surface area contributed by atoms with Crippen LogP contribution >= 0.6 is 11.3 Å². The van der Waals surface area contributed by atoms with E-state index >= 15 is 0 Å². The Morgan fingerprint density at radius 1 is 1.00 bits per heavy atom. The molecule has 108 valence electrons. The molecular formula is C19H16N2S. The second kappa shape index (κ2) is 4.75. The second-order valence-corrected chi connectivity index (χ2v) is 6.31. The summed E-state index contributed by atoms with van der Waals surface area (Å²) < 4.78 is 3.40. The molecule has 4 rings (SSSR count). The van der Waals surface area contributed by atoms with Gasteiger partial charge in [-0.05, 0) is 23.8 Å². The summed E-state index contributed by atoms with van der Waals surface area (Å²) in [5, 5.41) is 3.77. The fourth-order valence-electron chi connectivity index (χ4n) is 3.20. The number of rotatable bonds is 3. The lowest BCUT2D eigenvalue weighted by atomic mass is 10.1. The zero-order chi connectivity index (χ0) is 15.3. The average molecular weight is 304 g/mol. The van der Waals surface area contributed by atoms with Crippen LogP contribution in [-0.2, 0) is 0 Å². The van der Waals surface area contributed by atoms with Gasteiger partial charge in [0.15, 0.2) is 0 Å². The summed E-state index contributed by atoms with van der Waals surface area (Å²) in [6.07, 6.45) is 3.84. The molecule has 0 bridgehead atoms. The molecule has 0 aliphatic rings. The fourth-order valence-corrected chi connectivity index (χ4v) is 4.27. The van der Waals surface area contributed by atoms with E-state index in [-0.39, 0.29) is 0 Å². The van der Waals surface area contributed by atoms with Crippen molar-refractivity contribution in [3.8, 4) is 0 Å². The summed E-state index contributed by atoms with van der Waals surface area (Å²) in [4.78, 5) is 1.18. The minimum atomic E-state index is 1.18. The Bertz CT molecular complexity index is 1050. The zero-order valence-electron chi connectivity index (χ0n) is 12.4. The Balaban J connectivity index is 2.25. The van der Waals surface area contributed by atoms with Crippen molar-refractivity contribution >= 4 is 55.4 Å². The highest BCUT2D eigenvalue weighted by Crippen LogP contribution is 2.38. The Morgan fingerprint density at radius 3 is 2.55 bits per heavy atom. The molecule has 22 heavy (non-hydrogen) atoms. The van der Waals surface area contributed by atoms with Gasteiger partial charge in [0, 0.05) is 32.8 Å². The van der Waals surface area contributed by atoms with Gasteiger partial charge in [-0.15, -0.1) is 11.3 Å². The maximum Gasteiger partial charge on any atom is 0.0720 e. The number of para-hydroxylation sites is 1. The molecular weight excluding hydrogens is 288 g/mol. The molecule has 0 saturated carbocycles. The Kier molecular flexibility index (Phi) is 2.84. The number of nitrogens with zero attached hydrogens (tertiary/aromatic N) is 1. The van der Waals surface area contributed by atoms with Crippen LogP contribution in [0.15, 0.2) is 49.6 Å². The van der Waals surface area contributed by atoms with E-state index in [2.05, 4.69) is 59.7 Å². The molecule has 0 aliphatic carbocycles. The lowest BCUT2D eigenvalue weighted by Crippen LogP contribution is -2.07. The van der Waals surface area contributed by atoms with Gasteiger partial charge in [0.2, 0.25) is 0 Å². The molecule has 2 heterocycles. The molecule has 2 nitrogen and oxygen atoms in total. The summed E-state index contributed by atoms with van der Waals surface area (Å²) in [5.41, 5.74) is 6.86. The van der Waals surface area contributed by atoms with Crippen molar-refractivity contribution in [2.45, 2.75) is 0 Å². The third kappa shape index (κ3) is 1.60. The number of fused-ring (bicyclic) bond motifs is 4. The van der Waals surface area contributed by atoms with E-state index in [4.69, 9.17) is 0 Å². The van der Waals surface area contributed by atoms with Crippen LogP contribution < -0.4 is 5.43 Å². The van der Waals surface area contributed by atoms with E-state index in [9.17, 15) is 0 Å². The molecule has 0 amide bonds. The Morgan fingerprint density at radius 2 is 1.82 bits per heavy atom. The van der Waals surface area contributed by atoms with Gasteiger partial charge in [-0.3, -0.25) is 4.68 Å². The molecule has 0 atom stereocenters. The predicted molar refractivity (Wildman–Crippen MR) is 100 cm³/mol. The maximum atomic E-state index is 3.97. The third-order valence-electron chi connectivity index (χ3n) is 4.16. The molecule has 0 unspecified atom stereocenters. The van der Waals surface area contributed by atoms with Crippen molar-refractivity contribution in [3.05, 3.63) is 60.0 Å². The van der Waals surface area contributed by atoms with E-state index in [1.807, 2.05) is 19.2 Å². The molecule has 2 aromatic heterocycles. The lowest BCUT2D eigenvalue weighted by molar-refractivity contribution is 1.02. The predicted octanol–water partition coefficient (Wildman–Crippen LogP) is 5.47. The number of nitrogens with one attached hydrogen (secondary N) is 1. The van der Waals surface area contributed by atoms with Crippen molar-refractivity contribution in [1.82, 2.24) is 4.68 Å². The number of benzene rings is 2. The van der Waals surface area contributed by atoms with E-state index in [0.29, 0.717) is 0 Å². The van der Waals surface area contributed by atoms with Crippen LogP contribution in [0.3, 0.4) is 0 Å². The second-order valence-electron chi connectivity index (χ2n) is 5.23. The molecule has 0 saturated heterocycles. The third-order valence-corrected chi connectivity index (χ3v) is 5.33. The number of hydrogen-bond acceptors (Lipinski definition) is 2. The van der Waals surface area contributed by atoms with Crippen molar-refractivity contribution < 1.29 is 0 Å². The van der Waals surface area contributed by atoms with Crippen molar-refractivity contribution in [1.29, 1.82) is 0 Å². The average Bonchev–Trinajstić information content (AvgIpc) is 3.06. The highest BCUT2D eigenvalue weighted by molar-refractivity contribution is 7.20. The summed E-state index contributed by atoms with van der Waals surface area (Å²) in [5.74, 6) is 0. The monoisotopic (exact) mass is 304 g/mol. The highest BCUT2D eigenvalue weighted by Gasteiger charge is 2.14. The van der Waals surface area contributed by atoms with Gasteiger partial charge in [0.05, 0.1) is 11.0 Å². The first-order valence-corrected chi connectivity index (χ1v) is 8.02. The fraction of sp³-hybridized carbons (Fsp3) is 0.0526. The number of thiophene rings is 1. The van der Waals surface area contributed by atoms with Gasteiger partial charge < -0.3 is 5.43 Å². The molecule has 4 aromatic rings. The minimum Gasteiger partial charge on any atom is -0.328 e. The first kappa shape index (κ1) is 13.2. The van der Waals surface area contributed by atoms with Gasteiger partial charge in [0.1, 0.15) is 0 Å². The first-order chi connectivity index (χ1) is 10.8. The van der Waals surface area contributed by atoms with Crippen LogP contribution in [0.2, 0.25) is 0 Å². The SMILES string of the molecule is C=Cc1sc2cc3c(cc2c1C=C)c1ccccc1n3NC. The van der Waals surface area contributed by atoms with E-state index < -0.39 is 0 Å². The van der Waals surface area contributed by atoms with Crippen molar-refractivity contribution in [3.63, 3.8) is 0 Å². The zero-order valence-corrected chi connectivity index (χ0v) is 13.2. The number of aromatic nitrogens is 1. The molecule has 0 aliphatic heterocycles. The van der Waals surface area contributed by atoms with Gasteiger partial charge in [-0.1, -0.05) is 43.5 Å². The van der Waals surface area contributed by atoms with Crippen LogP contribution in [0.5, 0.6) is 0 Å². The number of hydrogen-bond donors (Lipinski definition) is 1. The summed E-state index contributed by atoms with van der Waals surface area (Å²) >= 11 is 1.76. The summed E-state index contributed by atoms with van der Waals surface area (Å²) in [7, 11) is 1.95. The minimum absolute atomic E-state index is 1.18. The van der Waals surface area contributed by atoms with Crippen LogP contribution in [0.25, 0.3) is 44.0 Å². The van der Waals surface area contributed by atoms with E-state index in [0.717, 1.165) is 0 Å². The summed E-state index contributed by atoms with van der Waals surface area (Å²) in [6.45, 7) is 7.89. The van der Waals surface area contributed by atoms with Gasteiger partial charge in [0.25, 0.3) is 0 Å². The highest BCUT2D eigenvalue weighted by atomic mass is 32.1. The van der Waals surface area contributed by atoms with Gasteiger partial charge in [-0.25, -0.2) is 0 Å². The van der Waals surface area contributed by atoms with E-state index in [1.54, 1.807) is 11.3 Å². The van der Waals surface area contributed by atoms with Gasteiger partial charge in [-0.2, -0.15) is 0 Å². The van der Waals surface area contributed by atoms with Crippen LogP contribution in [0, 0.1) is 0 Å². The quantitative estimate of drug-likeness (QED) is 0.531. The lowest BCUT2D eigenvalue weighted by Gasteiger charge is -2.05. The van der Waals surface area contributed by atoms with Gasteiger partial charge >= 0.3 is 0 Å². The normalized spacial score (nSPS) is 11.3. The largest absolute Gasteiger partial charge is 0.328 e. The summed E-state index contributed by atoms with van der Waals surface area (Å²) in [6, 6.07) is 13.0. The maximum absolute atomic E-state index is 3.97. The molecule has 2 aromatic carbocycles. The van der Waals surface area contributed by atoms with Crippen LogP contribution in [-0.4, -0.2) is 11.7 Å². The molecule has 0 spiro atoms. The standard InChI is InChI=1S/C19H16N2S/c1-4-12-15-10-14-13-8-6-7-9-16(13)21(20-3)17(14)11-19(15)22-18(12)5-2/h4-11,20H,1-2H2,3H3.